The lowest BCUT2D eigenvalue weighted by Crippen LogP contribution is -2.11. The van der Waals surface area contributed by atoms with Crippen LogP contribution < -0.4 is 5.69 Å². The van der Waals surface area contributed by atoms with Crippen LogP contribution in [-0.2, 0) is 18.4 Å². The normalized spacial score (nSPS) is 11.0. The average Bonchev–Trinajstić information content (AvgIpc) is 3.00. The molecule has 0 unspecified atom stereocenters. The van der Waals surface area contributed by atoms with Gasteiger partial charge in [-0.15, -0.1) is 11.3 Å². The number of rotatable bonds is 3. The van der Waals surface area contributed by atoms with Crippen molar-refractivity contribution in [3.63, 3.8) is 0 Å². The molecule has 1 aromatic carbocycles. The number of ether oxygens (including phenoxy) is 1. The van der Waals surface area contributed by atoms with E-state index in [0.29, 0.717) is 11.1 Å². The van der Waals surface area contributed by atoms with Crippen molar-refractivity contribution in [1.29, 1.82) is 0 Å². The van der Waals surface area contributed by atoms with Crippen LogP contribution >= 0.6 is 11.3 Å². The number of fused-ring (bicyclic) bond motifs is 1. The molecule has 0 aliphatic rings. The number of nitrogens with one attached hydrogen (secondary N) is 1. The number of hydrogen-bond donors (Lipinski definition) is 1. The molecular formula is C14H13N3O3S. The lowest BCUT2D eigenvalue weighted by Gasteiger charge is -2.04. The smallest absolute Gasteiger partial charge is 0.338 e. The lowest BCUT2D eigenvalue weighted by molar-refractivity contribution is 0.0476. The average molecular weight is 303 g/mol. The van der Waals surface area contributed by atoms with E-state index in [4.69, 9.17) is 4.74 Å². The highest BCUT2D eigenvalue weighted by atomic mass is 32.1. The molecular weight excluding hydrogens is 290 g/mol. The summed E-state index contributed by atoms with van der Waals surface area (Å²) in [6.07, 6.45) is 0. The van der Waals surface area contributed by atoms with Crippen LogP contribution in [0.3, 0.4) is 0 Å². The van der Waals surface area contributed by atoms with Gasteiger partial charge in [0.15, 0.2) is 0 Å². The van der Waals surface area contributed by atoms with Crippen LogP contribution in [0.15, 0.2) is 28.5 Å². The maximum Gasteiger partial charge on any atom is 0.338 e. The number of carbonyl (C=O) groups is 1. The molecule has 21 heavy (non-hydrogen) atoms. The molecule has 2 heterocycles. The summed E-state index contributed by atoms with van der Waals surface area (Å²) in [7, 11) is 1.67. The summed E-state index contributed by atoms with van der Waals surface area (Å²) in [6, 6.07) is 5.00. The number of thiazole rings is 1. The highest BCUT2D eigenvalue weighted by molar-refractivity contribution is 7.09. The lowest BCUT2D eigenvalue weighted by atomic mass is 10.2. The van der Waals surface area contributed by atoms with Crippen LogP contribution in [0, 0.1) is 6.92 Å². The Morgan fingerprint density at radius 1 is 1.48 bits per heavy atom. The van der Waals surface area contributed by atoms with E-state index in [1.165, 1.54) is 15.9 Å². The first-order chi connectivity index (χ1) is 10.1. The Morgan fingerprint density at radius 2 is 2.29 bits per heavy atom. The van der Waals surface area contributed by atoms with Gasteiger partial charge in [-0.2, -0.15) is 0 Å². The highest BCUT2D eigenvalue weighted by Gasteiger charge is 2.12. The summed E-state index contributed by atoms with van der Waals surface area (Å²) < 4.78 is 6.76. The second kappa shape index (κ2) is 5.17. The number of aromatic nitrogens is 3. The fourth-order valence-electron chi connectivity index (χ4n) is 2.04. The van der Waals surface area contributed by atoms with Gasteiger partial charge in [0.1, 0.15) is 6.61 Å². The molecule has 3 rings (SSSR count). The SMILES string of the molecule is Cc1ncsc1COC(=O)c1ccc2c(c1)[nH]c(=O)n2C. The van der Waals surface area contributed by atoms with Gasteiger partial charge < -0.3 is 9.72 Å². The van der Waals surface area contributed by atoms with Crippen molar-refractivity contribution >= 4 is 28.3 Å². The molecule has 0 aliphatic carbocycles. The van der Waals surface area contributed by atoms with E-state index < -0.39 is 5.97 Å². The van der Waals surface area contributed by atoms with Gasteiger partial charge in [-0.3, -0.25) is 4.57 Å². The molecule has 0 radical (unpaired) electrons. The van der Waals surface area contributed by atoms with E-state index in [-0.39, 0.29) is 12.3 Å². The Kier molecular flexibility index (Phi) is 3.34. The first-order valence-corrected chi connectivity index (χ1v) is 7.19. The number of esters is 1. The van der Waals surface area contributed by atoms with Gasteiger partial charge in [-0.25, -0.2) is 14.6 Å². The van der Waals surface area contributed by atoms with Crippen molar-refractivity contribution < 1.29 is 9.53 Å². The summed E-state index contributed by atoms with van der Waals surface area (Å²) in [4.78, 5) is 31.3. The number of carbonyl (C=O) groups excluding carboxylic acids is 1. The molecule has 2 aromatic heterocycles. The number of hydrogen-bond acceptors (Lipinski definition) is 5. The number of H-pyrrole nitrogens is 1. The minimum atomic E-state index is -0.422. The maximum atomic E-state index is 12.0. The summed E-state index contributed by atoms with van der Waals surface area (Å²) in [6.45, 7) is 2.08. The largest absolute Gasteiger partial charge is 0.456 e. The number of aromatic amines is 1. The maximum absolute atomic E-state index is 12.0. The Labute approximate surface area is 124 Å². The van der Waals surface area contributed by atoms with E-state index in [2.05, 4.69) is 9.97 Å². The molecule has 0 atom stereocenters. The topological polar surface area (TPSA) is 77.0 Å². The first-order valence-electron chi connectivity index (χ1n) is 6.31. The molecule has 0 amide bonds. The molecule has 108 valence electrons. The van der Waals surface area contributed by atoms with Crippen molar-refractivity contribution in [2.45, 2.75) is 13.5 Å². The van der Waals surface area contributed by atoms with Crippen LogP contribution in [0.25, 0.3) is 11.0 Å². The van der Waals surface area contributed by atoms with E-state index in [1.807, 2.05) is 6.92 Å². The Morgan fingerprint density at radius 3 is 3.00 bits per heavy atom. The van der Waals surface area contributed by atoms with Crippen LogP contribution in [0.1, 0.15) is 20.9 Å². The second-order valence-corrected chi connectivity index (χ2v) is 5.60. The number of nitrogens with zero attached hydrogens (tertiary/aromatic N) is 2. The standard InChI is InChI=1S/C14H13N3O3S/c1-8-12(21-7-15-8)6-20-13(18)9-3-4-11-10(5-9)16-14(19)17(11)2/h3-5,7H,6H2,1-2H3,(H,16,19). The van der Waals surface area contributed by atoms with Crippen molar-refractivity contribution in [2.24, 2.45) is 7.05 Å². The Hall–Kier alpha value is -2.41. The second-order valence-electron chi connectivity index (χ2n) is 4.66. The van der Waals surface area contributed by atoms with Gasteiger partial charge in [-0.1, -0.05) is 0 Å². The van der Waals surface area contributed by atoms with Crippen molar-refractivity contribution in [3.8, 4) is 0 Å². The van der Waals surface area contributed by atoms with Crippen LogP contribution in [0.5, 0.6) is 0 Å². The highest BCUT2D eigenvalue weighted by Crippen LogP contribution is 2.16. The Balaban J connectivity index is 1.81. The molecule has 1 N–H and O–H groups in total. The summed E-state index contributed by atoms with van der Waals surface area (Å²) in [5.41, 5.74) is 4.15. The summed E-state index contributed by atoms with van der Waals surface area (Å²) in [5.74, 6) is -0.422. The van der Waals surface area contributed by atoms with Gasteiger partial charge in [0.25, 0.3) is 0 Å². The van der Waals surface area contributed by atoms with Crippen molar-refractivity contribution in [3.05, 3.63) is 50.3 Å². The zero-order valence-electron chi connectivity index (χ0n) is 11.5. The van der Waals surface area contributed by atoms with Crippen LogP contribution in [0.2, 0.25) is 0 Å². The van der Waals surface area contributed by atoms with Gasteiger partial charge in [0.2, 0.25) is 0 Å². The summed E-state index contributed by atoms with van der Waals surface area (Å²) >= 11 is 1.46. The molecule has 0 saturated carbocycles. The third-order valence-corrected chi connectivity index (χ3v) is 4.23. The van der Waals surface area contributed by atoms with E-state index in [0.717, 1.165) is 16.1 Å². The number of imidazole rings is 1. The van der Waals surface area contributed by atoms with Gasteiger partial charge >= 0.3 is 11.7 Å². The number of aryl methyl sites for hydroxylation is 2. The van der Waals surface area contributed by atoms with E-state index in [9.17, 15) is 9.59 Å². The predicted octanol–water partition coefficient (Wildman–Crippen LogP) is 1.99. The van der Waals surface area contributed by atoms with Crippen LogP contribution in [-0.4, -0.2) is 20.5 Å². The summed E-state index contributed by atoms with van der Waals surface area (Å²) in [5, 5.41) is 0. The first kappa shape index (κ1) is 13.6. The molecule has 6 nitrogen and oxygen atoms in total. The minimum Gasteiger partial charge on any atom is -0.456 e. The van der Waals surface area contributed by atoms with Crippen molar-refractivity contribution in [1.82, 2.24) is 14.5 Å². The molecule has 0 bridgehead atoms. The monoisotopic (exact) mass is 303 g/mol. The third-order valence-electron chi connectivity index (χ3n) is 3.32. The molecule has 0 fully saturated rings. The molecule has 0 spiro atoms. The molecule has 0 saturated heterocycles. The third kappa shape index (κ3) is 2.47. The number of benzene rings is 1. The Bertz CT molecular complexity index is 875. The fraction of sp³-hybridized carbons (Fsp3) is 0.214. The molecule has 0 aliphatic heterocycles. The van der Waals surface area contributed by atoms with E-state index >= 15 is 0 Å². The minimum absolute atomic E-state index is 0.207. The van der Waals surface area contributed by atoms with Gasteiger partial charge in [-0.05, 0) is 25.1 Å². The zero-order chi connectivity index (χ0) is 15.0. The molecule has 3 aromatic rings. The van der Waals surface area contributed by atoms with Crippen molar-refractivity contribution in [2.75, 3.05) is 0 Å². The molecule has 7 heteroatoms. The van der Waals surface area contributed by atoms with Crippen LogP contribution in [0.4, 0.5) is 0 Å². The quantitative estimate of drug-likeness (QED) is 0.751. The predicted molar refractivity (Wildman–Crippen MR) is 79.5 cm³/mol. The van der Waals surface area contributed by atoms with E-state index in [1.54, 1.807) is 30.8 Å². The fourth-order valence-corrected chi connectivity index (χ4v) is 2.73. The zero-order valence-corrected chi connectivity index (χ0v) is 12.4. The van der Waals surface area contributed by atoms with Gasteiger partial charge in [0, 0.05) is 7.05 Å². The van der Waals surface area contributed by atoms with Gasteiger partial charge in [0.05, 0.1) is 32.7 Å².